The molecule has 0 atom stereocenters. The first-order valence-corrected chi connectivity index (χ1v) is 15.4. The van der Waals surface area contributed by atoms with E-state index < -0.39 is 15.6 Å². The van der Waals surface area contributed by atoms with E-state index in [-0.39, 0.29) is 41.9 Å². The zero-order chi connectivity index (χ0) is 29.9. The fourth-order valence-electron chi connectivity index (χ4n) is 4.33. The third-order valence-electron chi connectivity index (χ3n) is 6.06. The lowest BCUT2D eigenvalue weighted by molar-refractivity contribution is -0.116. The molecule has 2 heterocycles. The van der Waals surface area contributed by atoms with Crippen molar-refractivity contribution < 1.29 is 42.5 Å². The molecule has 2 aromatic carbocycles. The van der Waals surface area contributed by atoms with Gasteiger partial charge in [-0.1, -0.05) is 32.1 Å². The summed E-state index contributed by atoms with van der Waals surface area (Å²) >= 11 is 0. The Bertz CT molecular complexity index is 1730. The lowest BCUT2D eigenvalue weighted by Crippen LogP contribution is -2.19. The van der Waals surface area contributed by atoms with Crippen molar-refractivity contribution in [1.82, 2.24) is 19.9 Å². The van der Waals surface area contributed by atoms with E-state index in [0.29, 0.717) is 34.2 Å². The number of carbonyl (C=O) groups excluding carboxylic acids is 1. The highest BCUT2D eigenvalue weighted by atomic mass is 31.2. The summed E-state index contributed by atoms with van der Waals surface area (Å²) < 4.78 is 34.5. The van der Waals surface area contributed by atoms with Gasteiger partial charge in [-0.25, -0.2) is 19.1 Å². The molecule has 0 fully saturated rings. The maximum absolute atomic E-state index is 11.7. The fraction of sp³-hybridized carbons (Fsp3) is 0.240. The summed E-state index contributed by atoms with van der Waals surface area (Å²) in [5.74, 6) is -0.0189. The Labute approximate surface area is 234 Å². The number of hydrogen-bond donors (Lipinski definition) is 6. The molecular formula is C25H29N5O9P2. The highest BCUT2D eigenvalue weighted by Gasteiger charge is 2.24. The van der Waals surface area contributed by atoms with E-state index in [9.17, 15) is 33.5 Å². The van der Waals surface area contributed by atoms with Crippen molar-refractivity contribution in [2.45, 2.75) is 39.3 Å². The average Bonchev–Trinajstić information content (AvgIpc) is 3.24. The monoisotopic (exact) mass is 605 g/mol. The first kappa shape index (κ1) is 30.2. The molecule has 14 nitrogen and oxygen atoms in total. The van der Waals surface area contributed by atoms with Crippen molar-refractivity contribution in [3.8, 4) is 11.5 Å². The van der Waals surface area contributed by atoms with Crippen LogP contribution in [0.1, 0.15) is 36.7 Å². The van der Waals surface area contributed by atoms with Crippen molar-refractivity contribution in [2.75, 3.05) is 5.73 Å². The van der Waals surface area contributed by atoms with Crippen molar-refractivity contribution in [1.29, 1.82) is 0 Å². The van der Waals surface area contributed by atoms with Crippen LogP contribution in [-0.4, -0.2) is 40.0 Å². The smallest absolute Gasteiger partial charge is 0.404 e. The maximum Gasteiger partial charge on any atom is 0.524 e. The molecule has 7 N–H and O–H groups in total. The molecule has 0 unspecified atom stereocenters. The number of benzene rings is 2. The normalized spacial score (nSPS) is 12.0. The molecule has 0 saturated carbocycles. The summed E-state index contributed by atoms with van der Waals surface area (Å²) in [6, 6.07) is 8.90. The predicted octanol–water partition coefficient (Wildman–Crippen LogP) is 3.30. The Morgan fingerprint density at radius 2 is 1.83 bits per heavy atom. The van der Waals surface area contributed by atoms with Crippen LogP contribution in [0.25, 0.3) is 21.9 Å². The summed E-state index contributed by atoms with van der Waals surface area (Å²) in [4.78, 5) is 58.4. The van der Waals surface area contributed by atoms with Crippen LogP contribution >= 0.6 is 15.6 Å². The number of amides is 1. The van der Waals surface area contributed by atoms with Gasteiger partial charge in [0, 0.05) is 23.9 Å². The van der Waals surface area contributed by atoms with E-state index in [1.165, 1.54) is 12.1 Å². The van der Waals surface area contributed by atoms with Crippen LogP contribution in [0, 0.1) is 0 Å². The van der Waals surface area contributed by atoms with Crippen LogP contribution in [-0.2, 0) is 33.4 Å². The lowest BCUT2D eigenvalue weighted by atomic mass is 10.1. The van der Waals surface area contributed by atoms with E-state index in [0.717, 1.165) is 30.5 Å². The quantitative estimate of drug-likeness (QED) is 0.101. The number of aromatic nitrogens is 3. The van der Waals surface area contributed by atoms with Crippen LogP contribution in [0.3, 0.4) is 0 Å². The minimum Gasteiger partial charge on any atom is -0.404 e. The van der Waals surface area contributed by atoms with Gasteiger partial charge in [0.05, 0.1) is 17.6 Å². The summed E-state index contributed by atoms with van der Waals surface area (Å²) in [5.41, 5.74) is 8.76. The molecule has 218 valence electrons. The number of carbonyl (C=O) groups is 1. The molecule has 0 bridgehead atoms. The van der Waals surface area contributed by atoms with Gasteiger partial charge < -0.3 is 24.7 Å². The maximum atomic E-state index is 11.7. The van der Waals surface area contributed by atoms with Gasteiger partial charge in [0.2, 0.25) is 5.91 Å². The molecule has 4 aromatic rings. The number of phosphoric acid groups is 2. The molecule has 1 amide bonds. The van der Waals surface area contributed by atoms with Crippen LogP contribution in [0.4, 0.5) is 5.82 Å². The van der Waals surface area contributed by atoms with Crippen LogP contribution < -0.4 is 20.1 Å². The first-order valence-electron chi connectivity index (χ1n) is 12.4. The van der Waals surface area contributed by atoms with E-state index in [1.807, 2.05) is 19.1 Å². The largest absolute Gasteiger partial charge is 0.524 e. The SMILES string of the molecule is C=CC(=O)NCc1ccc2c(c1)nc(N)c1nc(CCCC)n(Cc3cc(OP(=O)(O)O)ccc3OP(=O)(O)O)c12. The van der Waals surface area contributed by atoms with Gasteiger partial charge >= 0.3 is 15.6 Å². The molecule has 0 saturated heterocycles. The van der Waals surface area contributed by atoms with Gasteiger partial charge in [-0.05, 0) is 42.3 Å². The topological polar surface area (TPSA) is 219 Å². The van der Waals surface area contributed by atoms with Crippen LogP contribution in [0.5, 0.6) is 11.5 Å². The summed E-state index contributed by atoms with van der Waals surface area (Å²) in [7, 11) is -9.92. The number of phosphoric ester groups is 2. The van der Waals surface area contributed by atoms with Crippen molar-refractivity contribution in [2.24, 2.45) is 0 Å². The number of imidazole rings is 1. The zero-order valence-corrected chi connectivity index (χ0v) is 23.7. The zero-order valence-electron chi connectivity index (χ0n) is 21.9. The van der Waals surface area contributed by atoms with Gasteiger partial charge in [0.15, 0.2) is 5.82 Å². The van der Waals surface area contributed by atoms with Crippen molar-refractivity contribution in [3.05, 3.63) is 66.0 Å². The Kier molecular flexibility index (Phi) is 8.83. The van der Waals surface area contributed by atoms with Gasteiger partial charge in [0.1, 0.15) is 22.8 Å². The summed E-state index contributed by atoms with van der Waals surface area (Å²) in [5, 5.41) is 3.37. The average molecular weight is 605 g/mol. The molecule has 0 radical (unpaired) electrons. The number of unbranched alkanes of at least 4 members (excludes halogenated alkanes) is 1. The Hall–Kier alpha value is -3.77. The second-order valence-electron chi connectivity index (χ2n) is 9.12. The van der Waals surface area contributed by atoms with Gasteiger partial charge in [-0.15, -0.1) is 0 Å². The van der Waals surface area contributed by atoms with E-state index in [1.54, 1.807) is 10.6 Å². The lowest BCUT2D eigenvalue weighted by Gasteiger charge is -2.17. The Morgan fingerprint density at radius 1 is 1.10 bits per heavy atom. The summed E-state index contributed by atoms with van der Waals surface area (Å²) in [6.45, 7) is 5.61. The highest BCUT2D eigenvalue weighted by molar-refractivity contribution is 7.47. The van der Waals surface area contributed by atoms with Crippen molar-refractivity contribution >= 4 is 49.3 Å². The summed E-state index contributed by atoms with van der Waals surface area (Å²) in [6.07, 6.45) is 3.33. The van der Waals surface area contributed by atoms with E-state index >= 15 is 0 Å². The highest BCUT2D eigenvalue weighted by Crippen LogP contribution is 2.43. The standard InChI is InChI=1S/C25H29N5O9P2/c1-3-5-6-21-29-23-24(18-9-7-15(13-27-22(31)4-2)11-19(18)28-25(23)26)30(21)14-16-12-17(38-40(32,33)34)8-10-20(16)39-41(35,36)37/h4,7-12H,2-3,5-6,13-14H2,1H3,(H2,26,28)(H,27,31)(H2,32,33,34)(H2,35,36,37). The predicted molar refractivity (Wildman–Crippen MR) is 151 cm³/mol. The van der Waals surface area contributed by atoms with Crippen LogP contribution in [0.2, 0.25) is 0 Å². The van der Waals surface area contributed by atoms with Crippen LogP contribution in [0.15, 0.2) is 49.1 Å². The third kappa shape index (κ3) is 7.50. The van der Waals surface area contributed by atoms with E-state index in [4.69, 9.17) is 19.8 Å². The number of hydrogen-bond acceptors (Lipinski definition) is 8. The number of fused-ring (bicyclic) bond motifs is 3. The van der Waals surface area contributed by atoms with Gasteiger partial charge in [-0.2, -0.15) is 0 Å². The minimum absolute atomic E-state index is 0.0705. The molecule has 0 aliphatic carbocycles. The second kappa shape index (κ2) is 12.0. The Balaban J connectivity index is 1.90. The number of nitrogens with two attached hydrogens (primary N) is 1. The number of nitrogens with zero attached hydrogens (tertiary/aromatic N) is 3. The molecule has 0 spiro atoms. The number of nitrogen functional groups attached to an aromatic ring is 1. The number of anilines is 1. The number of rotatable bonds is 12. The Morgan fingerprint density at radius 3 is 2.49 bits per heavy atom. The first-order chi connectivity index (χ1) is 19.3. The number of pyridine rings is 1. The van der Waals surface area contributed by atoms with E-state index in [2.05, 4.69) is 16.9 Å². The van der Waals surface area contributed by atoms with Gasteiger partial charge in [-0.3, -0.25) is 24.4 Å². The molecule has 0 aliphatic rings. The molecule has 41 heavy (non-hydrogen) atoms. The molecule has 2 aromatic heterocycles. The molecular weight excluding hydrogens is 576 g/mol. The molecule has 16 heteroatoms. The fourth-order valence-corrected chi connectivity index (χ4v) is 5.15. The third-order valence-corrected chi connectivity index (χ3v) is 6.94. The van der Waals surface area contributed by atoms with Crippen molar-refractivity contribution in [3.63, 3.8) is 0 Å². The number of nitrogens with one attached hydrogen (secondary N) is 1. The van der Waals surface area contributed by atoms with Gasteiger partial charge in [0.25, 0.3) is 0 Å². The molecule has 0 aliphatic heterocycles. The molecule has 4 rings (SSSR count). The second-order valence-corrected chi connectivity index (χ2v) is 11.4. The number of aryl methyl sites for hydroxylation is 1. The minimum atomic E-state index is -4.99.